The highest BCUT2D eigenvalue weighted by Gasteiger charge is 2.05. The molecule has 0 aliphatic rings. The van der Waals surface area contributed by atoms with E-state index >= 15 is 0 Å². The van der Waals surface area contributed by atoms with Crippen LogP contribution < -0.4 is 10.6 Å². The molecular formula is C11H13N3O3S. The minimum Gasteiger partial charge on any atom is -0.486 e. The molecule has 0 spiro atoms. The Morgan fingerprint density at radius 3 is 2.78 bits per heavy atom. The summed E-state index contributed by atoms with van der Waals surface area (Å²) >= 11 is 4.94. The van der Waals surface area contributed by atoms with E-state index in [9.17, 15) is 4.79 Å². The van der Waals surface area contributed by atoms with E-state index in [1.54, 1.807) is 12.1 Å². The van der Waals surface area contributed by atoms with E-state index in [2.05, 4.69) is 20.4 Å². The lowest BCUT2D eigenvalue weighted by Crippen LogP contribution is -2.33. The highest BCUT2D eigenvalue weighted by atomic mass is 32.1. The van der Waals surface area contributed by atoms with Gasteiger partial charge in [0.1, 0.15) is 0 Å². The number of nitrogens with zero attached hydrogens (tertiary/aromatic N) is 1. The summed E-state index contributed by atoms with van der Waals surface area (Å²) in [4.78, 5) is 15.0. The van der Waals surface area contributed by atoms with Gasteiger partial charge in [0.15, 0.2) is 11.5 Å². The van der Waals surface area contributed by atoms with Crippen molar-refractivity contribution in [3.05, 3.63) is 24.3 Å². The van der Waals surface area contributed by atoms with Gasteiger partial charge in [0, 0.05) is 0 Å². The molecule has 0 saturated carbocycles. The maximum absolute atomic E-state index is 11.0. The third-order valence-electron chi connectivity index (χ3n) is 1.85. The Morgan fingerprint density at radius 2 is 2.11 bits per heavy atom. The predicted octanol–water partition coefficient (Wildman–Crippen LogP) is 2.05. The van der Waals surface area contributed by atoms with E-state index in [0.29, 0.717) is 11.4 Å². The lowest BCUT2D eigenvalue weighted by molar-refractivity contribution is 0.177. The third kappa shape index (κ3) is 4.38. The van der Waals surface area contributed by atoms with Crippen LogP contribution in [0.1, 0.15) is 0 Å². The van der Waals surface area contributed by atoms with Crippen molar-refractivity contribution in [3.8, 4) is 0 Å². The van der Waals surface area contributed by atoms with Crippen LogP contribution in [0.2, 0.25) is 0 Å². The Labute approximate surface area is 110 Å². The van der Waals surface area contributed by atoms with E-state index in [0.717, 1.165) is 0 Å². The molecule has 0 aliphatic heterocycles. The van der Waals surface area contributed by atoms with Gasteiger partial charge in [-0.25, -0.2) is 9.79 Å². The first-order chi connectivity index (χ1) is 8.67. The van der Waals surface area contributed by atoms with Crippen LogP contribution in [0.25, 0.3) is 0 Å². The van der Waals surface area contributed by atoms with Crippen molar-refractivity contribution in [2.75, 3.05) is 19.5 Å². The molecule has 0 aromatic heterocycles. The van der Waals surface area contributed by atoms with Crippen LogP contribution in [0.4, 0.5) is 16.2 Å². The topological polar surface area (TPSA) is 72.0 Å². The first kappa shape index (κ1) is 13.9. The maximum atomic E-state index is 11.0. The van der Waals surface area contributed by atoms with Crippen LogP contribution in [-0.2, 0) is 9.47 Å². The second-order valence-corrected chi connectivity index (χ2v) is 3.47. The van der Waals surface area contributed by atoms with Crippen LogP contribution in [-0.4, -0.2) is 31.8 Å². The number of para-hydroxylation sites is 2. The summed E-state index contributed by atoms with van der Waals surface area (Å²) in [6, 6.07) is 7.19. The van der Waals surface area contributed by atoms with E-state index in [-0.39, 0.29) is 5.11 Å². The van der Waals surface area contributed by atoms with Gasteiger partial charge in [-0.2, -0.15) is 0 Å². The average molecular weight is 267 g/mol. The average Bonchev–Trinajstić information content (AvgIpc) is 2.37. The summed E-state index contributed by atoms with van der Waals surface area (Å²) in [5.41, 5.74) is 1.28. The van der Waals surface area contributed by atoms with Crippen molar-refractivity contribution >= 4 is 41.2 Å². The second-order valence-electron chi connectivity index (χ2n) is 3.06. The van der Waals surface area contributed by atoms with Gasteiger partial charge < -0.3 is 14.8 Å². The normalized spacial score (nSPS) is 9.89. The summed E-state index contributed by atoms with van der Waals surface area (Å²) in [6.07, 6.45) is 0.669. The number of ether oxygens (including phenoxy) is 2. The molecule has 0 heterocycles. The summed E-state index contributed by atoms with van der Waals surface area (Å²) in [5, 5.41) is 5.30. The van der Waals surface area contributed by atoms with E-state index in [4.69, 9.17) is 17.0 Å². The number of thiocarbonyl (C=S) groups is 1. The van der Waals surface area contributed by atoms with Crippen LogP contribution in [0.5, 0.6) is 0 Å². The summed E-state index contributed by atoms with van der Waals surface area (Å²) < 4.78 is 9.17. The van der Waals surface area contributed by atoms with Gasteiger partial charge in [0.25, 0.3) is 0 Å². The molecule has 0 saturated heterocycles. The third-order valence-corrected chi connectivity index (χ3v) is 2.05. The molecule has 0 bridgehead atoms. The number of anilines is 1. The Hall–Kier alpha value is -2.15. The fraction of sp³-hybridized carbons (Fsp3) is 0.182. The lowest BCUT2D eigenvalue weighted by atomic mass is 10.3. The SMILES string of the molecule is COC=Nc1ccccc1NC(=S)NC(=O)OC. The molecule has 18 heavy (non-hydrogen) atoms. The zero-order valence-electron chi connectivity index (χ0n) is 9.97. The van der Waals surface area contributed by atoms with E-state index < -0.39 is 6.09 Å². The Morgan fingerprint density at radius 1 is 1.39 bits per heavy atom. The van der Waals surface area contributed by atoms with Crippen molar-refractivity contribution in [1.29, 1.82) is 0 Å². The maximum Gasteiger partial charge on any atom is 0.413 e. The molecule has 0 fully saturated rings. The highest BCUT2D eigenvalue weighted by Crippen LogP contribution is 2.23. The number of benzene rings is 1. The predicted molar refractivity (Wildman–Crippen MR) is 73.4 cm³/mol. The van der Waals surface area contributed by atoms with Gasteiger partial charge in [0.2, 0.25) is 0 Å². The monoisotopic (exact) mass is 267 g/mol. The second kappa shape index (κ2) is 7.23. The number of carbonyl (C=O) groups excluding carboxylic acids is 1. The summed E-state index contributed by atoms with van der Waals surface area (Å²) in [5.74, 6) is 0. The lowest BCUT2D eigenvalue weighted by Gasteiger charge is -2.10. The molecule has 96 valence electrons. The first-order valence-corrected chi connectivity index (χ1v) is 5.38. The van der Waals surface area contributed by atoms with Gasteiger partial charge >= 0.3 is 6.09 Å². The zero-order valence-corrected chi connectivity index (χ0v) is 10.8. The van der Waals surface area contributed by atoms with Crippen molar-refractivity contribution in [2.45, 2.75) is 0 Å². The summed E-state index contributed by atoms with van der Waals surface area (Å²) in [6.45, 7) is 0. The fourth-order valence-corrected chi connectivity index (χ4v) is 1.29. The number of alkyl carbamates (subject to hydrolysis) is 1. The molecule has 1 amide bonds. The van der Waals surface area contributed by atoms with Crippen LogP contribution in [0, 0.1) is 0 Å². The number of hydrogen-bond acceptors (Lipinski definition) is 5. The number of aliphatic imine (C=N–C) groups is 1. The molecule has 0 aliphatic carbocycles. The van der Waals surface area contributed by atoms with Crippen LogP contribution in [0.15, 0.2) is 29.3 Å². The quantitative estimate of drug-likeness (QED) is 0.498. The molecule has 2 N–H and O–H groups in total. The minimum atomic E-state index is -0.634. The molecule has 1 rings (SSSR count). The Bertz CT molecular complexity index is 463. The van der Waals surface area contributed by atoms with Crippen molar-refractivity contribution < 1.29 is 14.3 Å². The number of methoxy groups -OCH3 is 2. The number of nitrogens with one attached hydrogen (secondary N) is 2. The minimum absolute atomic E-state index is 0.127. The van der Waals surface area contributed by atoms with Crippen molar-refractivity contribution in [2.24, 2.45) is 4.99 Å². The molecule has 1 aromatic carbocycles. The van der Waals surface area contributed by atoms with Gasteiger partial charge in [-0.15, -0.1) is 0 Å². The molecule has 7 heteroatoms. The van der Waals surface area contributed by atoms with Gasteiger partial charge in [-0.1, -0.05) is 12.1 Å². The van der Waals surface area contributed by atoms with Crippen LogP contribution in [0.3, 0.4) is 0 Å². The molecule has 1 aromatic rings. The molecule has 6 nitrogen and oxygen atoms in total. The van der Waals surface area contributed by atoms with Gasteiger partial charge in [0.05, 0.1) is 25.6 Å². The number of amides is 1. The standard InChI is InChI=1S/C11H13N3O3S/c1-16-7-12-8-5-3-4-6-9(8)13-10(18)14-11(15)17-2/h3-7H,1-2H3,(H2,13,14,15,18). The van der Waals surface area contributed by atoms with E-state index in [1.165, 1.54) is 20.6 Å². The number of rotatable bonds is 3. The summed E-state index contributed by atoms with van der Waals surface area (Å²) in [7, 11) is 2.76. The fourth-order valence-electron chi connectivity index (χ4n) is 1.10. The molecule has 0 radical (unpaired) electrons. The van der Waals surface area contributed by atoms with Gasteiger partial charge in [-0.3, -0.25) is 5.32 Å². The van der Waals surface area contributed by atoms with Crippen molar-refractivity contribution in [3.63, 3.8) is 0 Å². The molecular weight excluding hydrogens is 254 g/mol. The number of carbonyl (C=O) groups is 1. The number of hydrogen-bond donors (Lipinski definition) is 2. The van der Waals surface area contributed by atoms with Crippen LogP contribution >= 0.6 is 12.2 Å². The molecule has 0 atom stereocenters. The Balaban J connectivity index is 2.74. The molecule has 0 unspecified atom stereocenters. The smallest absolute Gasteiger partial charge is 0.413 e. The largest absolute Gasteiger partial charge is 0.486 e. The van der Waals surface area contributed by atoms with Crippen molar-refractivity contribution in [1.82, 2.24) is 5.32 Å². The zero-order chi connectivity index (χ0) is 13.4. The Kier molecular flexibility index (Phi) is 5.59. The van der Waals surface area contributed by atoms with Gasteiger partial charge in [-0.05, 0) is 24.4 Å². The van der Waals surface area contributed by atoms with E-state index in [1.807, 2.05) is 12.1 Å². The highest BCUT2D eigenvalue weighted by molar-refractivity contribution is 7.80. The first-order valence-electron chi connectivity index (χ1n) is 4.97.